The number of benzene rings is 3. The average molecular weight is 383 g/mol. The zero-order valence-corrected chi connectivity index (χ0v) is 15.8. The minimum atomic E-state index is -0.262. The number of hydrogen-bond donors (Lipinski definition) is 3. The smallest absolute Gasteiger partial charge is 0.242 e. The Bertz CT molecular complexity index is 1130. The monoisotopic (exact) mass is 383 g/mol. The molecule has 0 bridgehead atoms. The average Bonchev–Trinajstić information content (AvgIpc) is 3.16. The lowest BCUT2D eigenvalue weighted by molar-refractivity contribution is -0.128. The van der Waals surface area contributed by atoms with Crippen molar-refractivity contribution in [2.45, 2.75) is 12.8 Å². The molecule has 0 aliphatic carbocycles. The van der Waals surface area contributed by atoms with E-state index < -0.39 is 0 Å². The van der Waals surface area contributed by atoms with E-state index in [1.54, 1.807) is 0 Å². The van der Waals surface area contributed by atoms with Crippen molar-refractivity contribution in [1.29, 1.82) is 0 Å². The standard InChI is InChI=1S/C24H21N3O2/c28-23(14-17-10-12-19(13-11-17)18-6-2-1-3-7-18)26-27-24(29)15-20-16-25-22-9-5-4-8-21(20)22/h1-13,16,25H,14-15H2,(H,26,28)(H,27,29). The van der Waals surface area contributed by atoms with Crippen LogP contribution in [-0.4, -0.2) is 16.8 Å². The number of para-hydroxylation sites is 1. The third kappa shape index (κ3) is 4.52. The molecular formula is C24H21N3O2. The zero-order valence-electron chi connectivity index (χ0n) is 15.8. The number of hydrogen-bond acceptors (Lipinski definition) is 2. The van der Waals surface area contributed by atoms with Crippen molar-refractivity contribution in [2.75, 3.05) is 0 Å². The molecule has 3 N–H and O–H groups in total. The third-order valence-corrected chi connectivity index (χ3v) is 4.79. The van der Waals surface area contributed by atoms with E-state index in [1.165, 1.54) is 0 Å². The molecule has 0 aliphatic rings. The zero-order chi connectivity index (χ0) is 20.1. The fraction of sp³-hybridized carbons (Fsp3) is 0.0833. The van der Waals surface area contributed by atoms with Crippen LogP contribution < -0.4 is 10.9 Å². The van der Waals surface area contributed by atoms with E-state index >= 15 is 0 Å². The van der Waals surface area contributed by atoms with Gasteiger partial charge in [0.25, 0.3) is 0 Å². The summed E-state index contributed by atoms with van der Waals surface area (Å²) in [5, 5.41) is 1.01. The number of aromatic amines is 1. The van der Waals surface area contributed by atoms with E-state index in [9.17, 15) is 9.59 Å². The van der Waals surface area contributed by atoms with Crippen LogP contribution in [-0.2, 0) is 22.4 Å². The molecule has 4 rings (SSSR count). The van der Waals surface area contributed by atoms with Crippen LogP contribution in [0.4, 0.5) is 0 Å². The lowest BCUT2D eigenvalue weighted by Gasteiger charge is -2.08. The molecule has 3 aromatic carbocycles. The summed E-state index contributed by atoms with van der Waals surface area (Å²) in [6, 6.07) is 25.7. The first-order chi connectivity index (χ1) is 14.2. The number of fused-ring (bicyclic) bond motifs is 1. The van der Waals surface area contributed by atoms with Crippen molar-refractivity contribution in [2.24, 2.45) is 0 Å². The highest BCUT2D eigenvalue weighted by Crippen LogP contribution is 2.19. The van der Waals surface area contributed by atoms with Gasteiger partial charge in [-0.05, 0) is 28.3 Å². The quantitative estimate of drug-likeness (QED) is 0.459. The van der Waals surface area contributed by atoms with Crippen LogP contribution in [0.3, 0.4) is 0 Å². The number of carbonyl (C=O) groups is 2. The third-order valence-electron chi connectivity index (χ3n) is 4.79. The van der Waals surface area contributed by atoms with Gasteiger partial charge in [-0.15, -0.1) is 0 Å². The first-order valence-electron chi connectivity index (χ1n) is 9.46. The molecule has 144 valence electrons. The molecule has 1 aromatic heterocycles. The summed E-state index contributed by atoms with van der Waals surface area (Å²) in [5.41, 5.74) is 9.97. The maximum Gasteiger partial charge on any atom is 0.242 e. The van der Waals surface area contributed by atoms with E-state index in [0.29, 0.717) is 0 Å². The molecule has 2 amide bonds. The highest BCUT2D eigenvalue weighted by atomic mass is 16.2. The summed E-state index contributed by atoms with van der Waals surface area (Å²) in [6.07, 6.45) is 2.21. The Labute approximate surface area is 168 Å². The van der Waals surface area contributed by atoms with Gasteiger partial charge in [-0.25, -0.2) is 0 Å². The molecule has 0 atom stereocenters. The summed E-state index contributed by atoms with van der Waals surface area (Å²) < 4.78 is 0. The molecule has 29 heavy (non-hydrogen) atoms. The molecule has 0 fully saturated rings. The molecule has 0 saturated carbocycles. The largest absolute Gasteiger partial charge is 0.361 e. The normalized spacial score (nSPS) is 10.6. The predicted octanol–water partition coefficient (Wildman–Crippen LogP) is 3.77. The number of nitrogens with one attached hydrogen (secondary N) is 3. The Morgan fingerprint density at radius 1 is 0.690 bits per heavy atom. The number of aromatic nitrogens is 1. The second kappa shape index (κ2) is 8.44. The minimum Gasteiger partial charge on any atom is -0.361 e. The maximum atomic E-state index is 12.2. The Morgan fingerprint density at radius 2 is 1.31 bits per heavy atom. The van der Waals surface area contributed by atoms with Gasteiger partial charge in [-0.3, -0.25) is 20.4 Å². The van der Waals surface area contributed by atoms with Gasteiger partial charge in [0.2, 0.25) is 11.8 Å². The summed E-state index contributed by atoms with van der Waals surface area (Å²) in [7, 11) is 0. The van der Waals surface area contributed by atoms with Crippen LogP contribution in [0.15, 0.2) is 85.1 Å². The van der Waals surface area contributed by atoms with E-state index in [-0.39, 0.29) is 24.7 Å². The molecule has 0 radical (unpaired) electrons. The molecular weight excluding hydrogens is 362 g/mol. The maximum absolute atomic E-state index is 12.2. The highest BCUT2D eigenvalue weighted by molar-refractivity contribution is 5.90. The summed E-state index contributed by atoms with van der Waals surface area (Å²) in [4.78, 5) is 27.5. The highest BCUT2D eigenvalue weighted by Gasteiger charge is 2.10. The number of carbonyl (C=O) groups excluding carboxylic acids is 2. The SMILES string of the molecule is O=C(Cc1ccc(-c2ccccc2)cc1)NNC(=O)Cc1c[nH]c2ccccc12. The molecule has 1 heterocycles. The Balaban J connectivity index is 1.29. The van der Waals surface area contributed by atoms with Gasteiger partial charge in [-0.1, -0.05) is 72.8 Å². The fourth-order valence-corrected chi connectivity index (χ4v) is 3.31. The summed E-state index contributed by atoms with van der Waals surface area (Å²) in [6.45, 7) is 0. The number of rotatable bonds is 5. The van der Waals surface area contributed by atoms with E-state index in [1.807, 2.05) is 85.1 Å². The number of amides is 2. The van der Waals surface area contributed by atoms with Crippen molar-refractivity contribution in [1.82, 2.24) is 15.8 Å². The van der Waals surface area contributed by atoms with Gasteiger partial charge in [0.1, 0.15) is 0 Å². The molecule has 5 nitrogen and oxygen atoms in total. The van der Waals surface area contributed by atoms with Gasteiger partial charge in [-0.2, -0.15) is 0 Å². The second-order valence-electron chi connectivity index (χ2n) is 6.87. The topological polar surface area (TPSA) is 74.0 Å². The van der Waals surface area contributed by atoms with Crippen molar-refractivity contribution in [3.05, 3.63) is 96.2 Å². The van der Waals surface area contributed by atoms with Crippen LogP contribution in [0.2, 0.25) is 0 Å². The van der Waals surface area contributed by atoms with Crippen molar-refractivity contribution < 1.29 is 9.59 Å². The van der Waals surface area contributed by atoms with Gasteiger partial charge in [0.15, 0.2) is 0 Å². The van der Waals surface area contributed by atoms with Gasteiger partial charge >= 0.3 is 0 Å². The van der Waals surface area contributed by atoms with E-state index in [2.05, 4.69) is 15.8 Å². The molecule has 0 unspecified atom stereocenters. The number of hydrazine groups is 1. The summed E-state index contributed by atoms with van der Waals surface area (Å²) in [5.74, 6) is -0.521. The van der Waals surface area contributed by atoms with Gasteiger partial charge in [0, 0.05) is 17.1 Å². The molecule has 5 heteroatoms. The van der Waals surface area contributed by atoms with E-state index in [0.717, 1.165) is 33.2 Å². The Morgan fingerprint density at radius 3 is 2.07 bits per heavy atom. The van der Waals surface area contributed by atoms with Gasteiger partial charge < -0.3 is 4.98 Å². The number of H-pyrrole nitrogens is 1. The van der Waals surface area contributed by atoms with Crippen LogP contribution in [0.5, 0.6) is 0 Å². The van der Waals surface area contributed by atoms with Crippen LogP contribution in [0.25, 0.3) is 22.0 Å². The van der Waals surface area contributed by atoms with Crippen molar-refractivity contribution >= 4 is 22.7 Å². The Kier molecular flexibility index (Phi) is 5.38. The van der Waals surface area contributed by atoms with Crippen LogP contribution >= 0.6 is 0 Å². The lowest BCUT2D eigenvalue weighted by atomic mass is 10.0. The lowest BCUT2D eigenvalue weighted by Crippen LogP contribution is -2.43. The molecule has 0 spiro atoms. The predicted molar refractivity (Wildman–Crippen MR) is 114 cm³/mol. The second-order valence-corrected chi connectivity index (χ2v) is 6.87. The van der Waals surface area contributed by atoms with Crippen LogP contribution in [0.1, 0.15) is 11.1 Å². The van der Waals surface area contributed by atoms with Gasteiger partial charge in [0.05, 0.1) is 12.8 Å². The van der Waals surface area contributed by atoms with E-state index in [4.69, 9.17) is 0 Å². The van der Waals surface area contributed by atoms with Crippen molar-refractivity contribution in [3.63, 3.8) is 0 Å². The van der Waals surface area contributed by atoms with Crippen molar-refractivity contribution in [3.8, 4) is 11.1 Å². The molecule has 0 aliphatic heterocycles. The molecule has 4 aromatic rings. The Hall–Kier alpha value is -3.86. The van der Waals surface area contributed by atoms with Crippen LogP contribution in [0, 0.1) is 0 Å². The first kappa shape index (κ1) is 18.5. The fourth-order valence-electron chi connectivity index (χ4n) is 3.31. The molecule has 0 saturated heterocycles. The first-order valence-corrected chi connectivity index (χ1v) is 9.46. The minimum absolute atomic E-state index is 0.191. The summed E-state index contributed by atoms with van der Waals surface area (Å²) >= 11 is 0.